The Hall–Kier alpha value is -2.29. The highest BCUT2D eigenvalue weighted by atomic mass is 32.1. The highest BCUT2D eigenvalue weighted by molar-refractivity contribution is 7.13. The maximum atomic E-state index is 11.0. The van der Waals surface area contributed by atoms with Gasteiger partial charge in [0.25, 0.3) is 0 Å². The van der Waals surface area contributed by atoms with E-state index in [1.807, 2.05) is 6.92 Å². The number of carboxylic acid groups (broad SMARTS) is 1. The lowest BCUT2D eigenvalue weighted by Crippen LogP contribution is -2.09. The van der Waals surface area contributed by atoms with Crippen LogP contribution in [0, 0.1) is 0 Å². The molecular formula is C11H13N5O3S. The van der Waals surface area contributed by atoms with Crippen molar-refractivity contribution in [2.24, 2.45) is 0 Å². The van der Waals surface area contributed by atoms with Crippen molar-refractivity contribution in [3.63, 3.8) is 0 Å². The normalized spacial score (nSPS) is 10.5. The van der Waals surface area contributed by atoms with E-state index in [1.165, 1.54) is 22.9 Å². The van der Waals surface area contributed by atoms with E-state index in [9.17, 15) is 9.59 Å². The van der Waals surface area contributed by atoms with Crippen LogP contribution in [0.3, 0.4) is 0 Å². The molecule has 0 aromatic carbocycles. The Morgan fingerprint density at radius 2 is 2.25 bits per heavy atom. The van der Waals surface area contributed by atoms with Crippen molar-refractivity contribution < 1.29 is 14.7 Å². The number of hydrogen-bond acceptors (Lipinski definition) is 6. The number of amides is 1. The maximum Gasteiger partial charge on any atom is 0.358 e. The van der Waals surface area contributed by atoms with E-state index in [0.717, 1.165) is 0 Å². The van der Waals surface area contributed by atoms with Gasteiger partial charge in [-0.1, -0.05) is 12.1 Å². The highest BCUT2D eigenvalue weighted by Gasteiger charge is 2.18. The number of aromatic carboxylic acids is 1. The van der Waals surface area contributed by atoms with Crippen LogP contribution in [0.1, 0.15) is 35.7 Å². The molecule has 0 radical (unpaired) electrons. The second-order valence-electron chi connectivity index (χ2n) is 4.03. The second kappa shape index (κ2) is 5.78. The summed E-state index contributed by atoms with van der Waals surface area (Å²) < 4.78 is 1.51. The van der Waals surface area contributed by atoms with Gasteiger partial charge in [-0.25, -0.2) is 14.5 Å². The number of carboxylic acids is 1. The predicted molar refractivity (Wildman–Crippen MR) is 71.9 cm³/mol. The monoisotopic (exact) mass is 295 g/mol. The largest absolute Gasteiger partial charge is 0.476 e. The average molecular weight is 295 g/mol. The van der Waals surface area contributed by atoms with Gasteiger partial charge in [-0.15, -0.1) is 16.4 Å². The first-order chi connectivity index (χ1) is 9.51. The first-order valence-electron chi connectivity index (χ1n) is 5.89. The van der Waals surface area contributed by atoms with Crippen molar-refractivity contribution in [3.8, 4) is 0 Å². The van der Waals surface area contributed by atoms with Crippen molar-refractivity contribution in [1.82, 2.24) is 20.0 Å². The molecule has 1 amide bonds. The zero-order valence-corrected chi connectivity index (χ0v) is 11.8. The zero-order chi connectivity index (χ0) is 14.7. The van der Waals surface area contributed by atoms with Crippen molar-refractivity contribution in [1.29, 1.82) is 0 Å². The summed E-state index contributed by atoms with van der Waals surface area (Å²) >= 11 is 1.30. The summed E-state index contributed by atoms with van der Waals surface area (Å²) in [6, 6.07) is 0. The summed E-state index contributed by atoms with van der Waals surface area (Å²) in [5.41, 5.74) is 1.20. The van der Waals surface area contributed by atoms with Crippen LogP contribution in [0.15, 0.2) is 5.38 Å². The molecule has 106 valence electrons. The molecule has 20 heavy (non-hydrogen) atoms. The molecule has 0 unspecified atom stereocenters. The zero-order valence-electron chi connectivity index (χ0n) is 11.0. The number of rotatable bonds is 5. The van der Waals surface area contributed by atoms with E-state index < -0.39 is 5.97 Å². The first-order valence-corrected chi connectivity index (χ1v) is 6.76. The van der Waals surface area contributed by atoms with E-state index >= 15 is 0 Å². The number of aromatic nitrogens is 4. The Labute approximate surface area is 118 Å². The van der Waals surface area contributed by atoms with Crippen LogP contribution in [0.2, 0.25) is 0 Å². The number of thiazole rings is 1. The van der Waals surface area contributed by atoms with E-state index in [4.69, 9.17) is 5.11 Å². The fourth-order valence-corrected chi connectivity index (χ4v) is 2.46. The SMILES string of the molecule is CCc1c(C(=O)O)nnn1Cc1csc(NC(C)=O)n1. The fourth-order valence-electron chi connectivity index (χ4n) is 1.72. The molecule has 0 saturated carbocycles. The van der Waals surface area contributed by atoms with Gasteiger partial charge in [0.2, 0.25) is 5.91 Å². The number of carbonyl (C=O) groups is 2. The van der Waals surface area contributed by atoms with Crippen LogP contribution in [0.5, 0.6) is 0 Å². The second-order valence-corrected chi connectivity index (χ2v) is 4.88. The van der Waals surface area contributed by atoms with Crippen LogP contribution in [0.25, 0.3) is 0 Å². The Balaban J connectivity index is 2.19. The molecule has 0 fully saturated rings. The van der Waals surface area contributed by atoms with Gasteiger partial charge in [0.1, 0.15) is 0 Å². The highest BCUT2D eigenvalue weighted by Crippen LogP contribution is 2.17. The molecular weight excluding hydrogens is 282 g/mol. The quantitative estimate of drug-likeness (QED) is 0.851. The molecule has 2 aromatic heterocycles. The van der Waals surface area contributed by atoms with Gasteiger partial charge in [0, 0.05) is 12.3 Å². The lowest BCUT2D eigenvalue weighted by Gasteiger charge is -2.02. The molecule has 0 aliphatic heterocycles. The number of carbonyl (C=O) groups excluding carboxylic acids is 1. The standard InChI is InChI=1S/C11H13N5O3S/c1-3-8-9(10(18)19)14-15-16(8)4-7-5-20-11(13-7)12-6(2)17/h5H,3-4H2,1-2H3,(H,18,19)(H,12,13,17). The van der Waals surface area contributed by atoms with Gasteiger partial charge in [0.15, 0.2) is 10.8 Å². The molecule has 0 aliphatic rings. The minimum atomic E-state index is -1.09. The van der Waals surface area contributed by atoms with Gasteiger partial charge in [-0.2, -0.15) is 0 Å². The van der Waals surface area contributed by atoms with Crippen LogP contribution in [-0.4, -0.2) is 37.0 Å². The number of nitrogens with zero attached hydrogens (tertiary/aromatic N) is 4. The Kier molecular flexibility index (Phi) is 4.08. The van der Waals surface area contributed by atoms with Crippen LogP contribution >= 0.6 is 11.3 Å². The Morgan fingerprint density at radius 1 is 1.50 bits per heavy atom. The van der Waals surface area contributed by atoms with Crippen molar-refractivity contribution in [2.75, 3.05) is 5.32 Å². The Bertz CT molecular complexity index is 648. The van der Waals surface area contributed by atoms with Gasteiger partial charge in [-0.05, 0) is 6.42 Å². The molecule has 2 rings (SSSR count). The molecule has 2 aromatic rings. The molecule has 2 N–H and O–H groups in total. The topological polar surface area (TPSA) is 110 Å². The third kappa shape index (κ3) is 2.99. The summed E-state index contributed by atoms with van der Waals surface area (Å²) in [6.45, 7) is 3.57. The van der Waals surface area contributed by atoms with Crippen molar-refractivity contribution >= 4 is 28.3 Å². The van der Waals surface area contributed by atoms with E-state index in [0.29, 0.717) is 29.5 Å². The fraction of sp³-hybridized carbons (Fsp3) is 0.364. The third-order valence-electron chi connectivity index (χ3n) is 2.52. The summed E-state index contributed by atoms with van der Waals surface area (Å²) in [7, 11) is 0. The minimum absolute atomic E-state index is 0.0372. The lowest BCUT2D eigenvalue weighted by atomic mass is 10.2. The van der Waals surface area contributed by atoms with E-state index in [1.54, 1.807) is 5.38 Å². The van der Waals surface area contributed by atoms with E-state index in [2.05, 4.69) is 20.6 Å². The predicted octanol–water partition coefficient (Wildman–Crippen LogP) is 1.00. The Morgan fingerprint density at radius 3 is 2.85 bits per heavy atom. The van der Waals surface area contributed by atoms with Crippen LogP contribution < -0.4 is 5.32 Å². The molecule has 0 saturated heterocycles. The molecule has 9 heteroatoms. The van der Waals surface area contributed by atoms with Crippen molar-refractivity contribution in [2.45, 2.75) is 26.8 Å². The number of hydrogen-bond donors (Lipinski definition) is 2. The number of nitrogens with one attached hydrogen (secondary N) is 1. The van der Waals surface area contributed by atoms with Gasteiger partial charge in [0.05, 0.1) is 17.9 Å². The summed E-state index contributed by atoms with van der Waals surface area (Å²) in [4.78, 5) is 26.1. The maximum absolute atomic E-state index is 11.0. The van der Waals surface area contributed by atoms with Gasteiger partial charge < -0.3 is 10.4 Å². The molecule has 0 atom stereocenters. The summed E-state index contributed by atoms with van der Waals surface area (Å²) in [6.07, 6.45) is 0.511. The molecule has 0 spiro atoms. The third-order valence-corrected chi connectivity index (χ3v) is 3.33. The first kappa shape index (κ1) is 14.1. The van der Waals surface area contributed by atoms with Crippen LogP contribution in [0.4, 0.5) is 5.13 Å². The van der Waals surface area contributed by atoms with E-state index in [-0.39, 0.29) is 11.6 Å². The minimum Gasteiger partial charge on any atom is -0.476 e. The summed E-state index contributed by atoms with van der Waals surface area (Å²) in [5.74, 6) is -1.28. The summed E-state index contributed by atoms with van der Waals surface area (Å²) in [5, 5.41) is 21.4. The lowest BCUT2D eigenvalue weighted by molar-refractivity contribution is -0.114. The molecule has 8 nitrogen and oxygen atoms in total. The molecule has 0 bridgehead atoms. The molecule has 2 heterocycles. The van der Waals surface area contributed by atoms with Crippen molar-refractivity contribution in [3.05, 3.63) is 22.5 Å². The van der Waals surface area contributed by atoms with Gasteiger partial charge in [-0.3, -0.25) is 4.79 Å². The smallest absolute Gasteiger partial charge is 0.358 e. The van der Waals surface area contributed by atoms with Gasteiger partial charge >= 0.3 is 5.97 Å². The number of anilines is 1. The molecule has 0 aliphatic carbocycles. The average Bonchev–Trinajstić information content (AvgIpc) is 2.95. The van der Waals surface area contributed by atoms with Crippen LogP contribution in [-0.2, 0) is 17.8 Å².